The molecule has 1 N–H and O–H groups in total. The molecule has 0 aliphatic carbocycles. The predicted octanol–water partition coefficient (Wildman–Crippen LogP) is 3.93. The maximum atomic E-state index is 12.0. The normalized spacial score (nSPS) is 11.3. The van der Waals surface area contributed by atoms with Crippen LogP contribution in [0.4, 0.5) is 5.69 Å². The lowest BCUT2D eigenvalue weighted by atomic mass is 10.1. The third kappa shape index (κ3) is 5.29. The van der Waals surface area contributed by atoms with Crippen LogP contribution < -0.4 is 4.72 Å². The Morgan fingerprint density at radius 1 is 1.14 bits per heavy atom. The second-order valence-electron chi connectivity index (χ2n) is 6.27. The van der Waals surface area contributed by atoms with E-state index < -0.39 is 16.0 Å². The predicted molar refractivity (Wildman–Crippen MR) is 113 cm³/mol. The third-order valence-corrected chi connectivity index (χ3v) is 5.10. The number of ether oxygens (including phenoxy) is 1. The van der Waals surface area contributed by atoms with Gasteiger partial charge in [-0.05, 0) is 42.0 Å². The standard InChI is InChI=1S/C19H17Cl2N3O4S/c1-28-19(25)17-11-15(24(22-17)18-8-5-13(20)10-16(18)21)9-12-3-6-14(7-4-12)23-29(2,26)27/h3-8,10-11,23H,9H2,1-2H3. The number of nitrogens with zero attached hydrogens (tertiary/aromatic N) is 2. The summed E-state index contributed by atoms with van der Waals surface area (Å²) in [5.41, 5.74) is 2.74. The lowest BCUT2D eigenvalue weighted by molar-refractivity contribution is 0.0593. The number of sulfonamides is 1. The smallest absolute Gasteiger partial charge is 0.358 e. The first-order valence-electron chi connectivity index (χ1n) is 8.35. The molecular formula is C19H17Cl2N3O4S. The van der Waals surface area contributed by atoms with Gasteiger partial charge in [0.1, 0.15) is 0 Å². The van der Waals surface area contributed by atoms with Crippen LogP contribution in [0.2, 0.25) is 10.0 Å². The van der Waals surface area contributed by atoms with Crippen molar-refractivity contribution in [2.24, 2.45) is 0 Å². The number of benzene rings is 2. The van der Waals surface area contributed by atoms with Crippen LogP contribution in [0, 0.1) is 0 Å². The summed E-state index contributed by atoms with van der Waals surface area (Å²) >= 11 is 12.3. The average molecular weight is 454 g/mol. The largest absolute Gasteiger partial charge is 0.464 e. The molecule has 0 saturated carbocycles. The van der Waals surface area contributed by atoms with E-state index >= 15 is 0 Å². The minimum absolute atomic E-state index is 0.142. The summed E-state index contributed by atoms with van der Waals surface area (Å²) in [5, 5.41) is 5.19. The number of aromatic nitrogens is 2. The van der Waals surface area contributed by atoms with E-state index in [0.29, 0.717) is 33.5 Å². The second kappa shape index (κ2) is 8.44. The van der Waals surface area contributed by atoms with Crippen LogP contribution in [-0.2, 0) is 21.2 Å². The SMILES string of the molecule is COC(=O)c1cc(Cc2ccc(NS(C)(=O)=O)cc2)n(-c2ccc(Cl)cc2Cl)n1. The van der Waals surface area contributed by atoms with Crippen molar-refractivity contribution in [1.82, 2.24) is 9.78 Å². The minimum atomic E-state index is -3.35. The number of carbonyl (C=O) groups excluding carboxylic acids is 1. The molecule has 0 fully saturated rings. The highest BCUT2D eigenvalue weighted by Gasteiger charge is 2.18. The molecular weight excluding hydrogens is 437 g/mol. The summed E-state index contributed by atoms with van der Waals surface area (Å²) in [7, 11) is -2.07. The van der Waals surface area contributed by atoms with Crippen molar-refractivity contribution in [3.63, 3.8) is 0 Å². The summed E-state index contributed by atoms with van der Waals surface area (Å²) in [6.07, 6.45) is 1.51. The molecule has 0 spiro atoms. The number of hydrogen-bond acceptors (Lipinski definition) is 5. The summed E-state index contributed by atoms with van der Waals surface area (Å²) in [5.74, 6) is -0.567. The molecule has 10 heteroatoms. The molecule has 0 unspecified atom stereocenters. The number of esters is 1. The van der Waals surface area contributed by atoms with E-state index in [9.17, 15) is 13.2 Å². The molecule has 0 atom stereocenters. The van der Waals surface area contributed by atoms with Crippen molar-refractivity contribution < 1.29 is 17.9 Å². The van der Waals surface area contributed by atoms with Crippen molar-refractivity contribution >= 4 is 44.9 Å². The van der Waals surface area contributed by atoms with Gasteiger partial charge in [0.15, 0.2) is 5.69 Å². The van der Waals surface area contributed by atoms with Gasteiger partial charge in [-0.2, -0.15) is 5.10 Å². The van der Waals surface area contributed by atoms with Crippen LogP contribution in [0.25, 0.3) is 5.69 Å². The zero-order valence-corrected chi connectivity index (χ0v) is 17.8. The van der Waals surface area contributed by atoms with Crippen LogP contribution in [0.1, 0.15) is 21.7 Å². The summed E-state index contributed by atoms with van der Waals surface area (Å²) in [4.78, 5) is 12.0. The highest BCUT2D eigenvalue weighted by Crippen LogP contribution is 2.27. The Morgan fingerprint density at radius 2 is 1.83 bits per heavy atom. The molecule has 7 nitrogen and oxygen atoms in total. The Morgan fingerprint density at radius 3 is 2.41 bits per heavy atom. The Balaban J connectivity index is 1.97. The fourth-order valence-corrected chi connectivity index (χ4v) is 3.78. The fraction of sp³-hybridized carbons (Fsp3) is 0.158. The van der Waals surface area contributed by atoms with Gasteiger partial charge in [-0.15, -0.1) is 0 Å². The summed E-state index contributed by atoms with van der Waals surface area (Å²) in [6, 6.07) is 13.5. The monoisotopic (exact) mass is 453 g/mol. The maximum absolute atomic E-state index is 12.0. The van der Waals surface area contributed by atoms with Crippen molar-refractivity contribution in [3.05, 3.63) is 75.5 Å². The fourth-order valence-electron chi connectivity index (χ4n) is 2.73. The van der Waals surface area contributed by atoms with E-state index in [1.165, 1.54) is 7.11 Å². The molecule has 29 heavy (non-hydrogen) atoms. The Labute approximate surface area is 178 Å². The first kappa shape index (κ1) is 21.2. The first-order valence-corrected chi connectivity index (χ1v) is 11.0. The lowest BCUT2D eigenvalue weighted by Gasteiger charge is -2.10. The van der Waals surface area contributed by atoms with Crippen molar-refractivity contribution in [3.8, 4) is 5.69 Å². The number of rotatable bonds is 6. The molecule has 2 aromatic carbocycles. The number of carbonyl (C=O) groups is 1. The molecule has 0 aliphatic rings. The van der Waals surface area contributed by atoms with Crippen LogP contribution in [0.5, 0.6) is 0 Å². The van der Waals surface area contributed by atoms with Gasteiger partial charge in [0.05, 0.1) is 24.1 Å². The summed E-state index contributed by atoms with van der Waals surface area (Å²) in [6.45, 7) is 0. The number of anilines is 1. The Kier molecular flexibility index (Phi) is 6.16. The van der Waals surface area contributed by atoms with Crippen molar-refractivity contribution in [2.75, 3.05) is 18.1 Å². The first-order chi connectivity index (χ1) is 13.7. The van der Waals surface area contributed by atoms with Crippen LogP contribution in [-0.4, -0.2) is 37.5 Å². The molecule has 1 heterocycles. The molecule has 1 aromatic heterocycles. The van der Waals surface area contributed by atoms with E-state index in [1.54, 1.807) is 53.2 Å². The zero-order valence-electron chi connectivity index (χ0n) is 15.5. The highest BCUT2D eigenvalue weighted by molar-refractivity contribution is 7.92. The Hall–Kier alpha value is -2.55. The highest BCUT2D eigenvalue weighted by atomic mass is 35.5. The van der Waals surface area contributed by atoms with Gasteiger partial charge in [-0.3, -0.25) is 4.72 Å². The van der Waals surface area contributed by atoms with Crippen molar-refractivity contribution in [1.29, 1.82) is 0 Å². The van der Waals surface area contributed by atoms with Crippen molar-refractivity contribution in [2.45, 2.75) is 6.42 Å². The third-order valence-electron chi connectivity index (χ3n) is 3.96. The number of nitrogens with one attached hydrogen (secondary N) is 1. The molecule has 3 rings (SSSR count). The van der Waals surface area contributed by atoms with Gasteiger partial charge in [-0.25, -0.2) is 17.9 Å². The number of hydrogen-bond donors (Lipinski definition) is 1. The number of halogens is 2. The lowest BCUT2D eigenvalue weighted by Crippen LogP contribution is -2.09. The molecule has 0 bridgehead atoms. The quantitative estimate of drug-likeness (QED) is 0.570. The van der Waals surface area contributed by atoms with E-state index in [0.717, 1.165) is 11.8 Å². The van der Waals surface area contributed by atoms with Gasteiger partial charge in [0.25, 0.3) is 0 Å². The van der Waals surface area contributed by atoms with Gasteiger partial charge in [0.2, 0.25) is 10.0 Å². The molecule has 0 saturated heterocycles. The second-order valence-corrected chi connectivity index (χ2v) is 8.86. The van der Waals surface area contributed by atoms with Crippen LogP contribution in [0.15, 0.2) is 48.5 Å². The average Bonchev–Trinajstić information content (AvgIpc) is 3.05. The van der Waals surface area contributed by atoms with Crippen LogP contribution in [0.3, 0.4) is 0 Å². The topological polar surface area (TPSA) is 90.3 Å². The van der Waals surface area contributed by atoms with Gasteiger partial charge in [-0.1, -0.05) is 35.3 Å². The molecule has 0 radical (unpaired) electrons. The molecule has 3 aromatic rings. The van der Waals surface area contributed by atoms with Gasteiger partial charge >= 0.3 is 5.97 Å². The number of methoxy groups -OCH3 is 1. The molecule has 0 aliphatic heterocycles. The minimum Gasteiger partial charge on any atom is -0.464 e. The van der Waals surface area contributed by atoms with E-state index in [4.69, 9.17) is 27.9 Å². The van der Waals surface area contributed by atoms with Crippen LogP contribution >= 0.6 is 23.2 Å². The van der Waals surface area contributed by atoms with Gasteiger partial charge in [0, 0.05) is 22.8 Å². The Bertz CT molecular complexity index is 1160. The van der Waals surface area contributed by atoms with E-state index in [2.05, 4.69) is 9.82 Å². The van der Waals surface area contributed by atoms with Gasteiger partial charge < -0.3 is 4.74 Å². The van der Waals surface area contributed by atoms with E-state index in [1.807, 2.05) is 0 Å². The summed E-state index contributed by atoms with van der Waals surface area (Å²) < 4.78 is 31.4. The molecule has 152 valence electrons. The molecule has 0 amide bonds. The zero-order chi connectivity index (χ0) is 21.2. The maximum Gasteiger partial charge on any atom is 0.358 e. The van der Waals surface area contributed by atoms with E-state index in [-0.39, 0.29) is 5.69 Å².